The van der Waals surface area contributed by atoms with E-state index in [0.29, 0.717) is 0 Å². The Morgan fingerprint density at radius 3 is 1.22 bits per heavy atom. The molecule has 0 amide bonds. The third-order valence-corrected chi connectivity index (χ3v) is 0.632. The molecule has 0 rings (SSSR count). The van der Waals surface area contributed by atoms with Crippen molar-refractivity contribution in [2.24, 2.45) is 0 Å². The van der Waals surface area contributed by atoms with Gasteiger partial charge in [0.15, 0.2) is 0 Å². The predicted octanol–water partition coefficient (Wildman–Crippen LogP) is 1.94. The summed E-state index contributed by atoms with van der Waals surface area (Å²) < 4.78 is 7.13. The molecule has 0 bridgehead atoms. The van der Waals surface area contributed by atoms with Crippen molar-refractivity contribution in [2.45, 2.75) is 21.0 Å². The van der Waals surface area contributed by atoms with Gasteiger partial charge in [0.05, 0.1) is 0 Å². The van der Waals surface area contributed by atoms with Crippen LogP contribution < -0.4 is 0 Å². The molecule has 0 aliphatic carbocycles. The molecular formula is C7H20InN. The van der Waals surface area contributed by atoms with E-state index in [-0.39, 0.29) is 0 Å². The average molecular weight is 233 g/mol. The van der Waals surface area contributed by atoms with Crippen molar-refractivity contribution < 1.29 is 0 Å². The Bertz CT molecular complexity index is 41.4. The van der Waals surface area contributed by atoms with Crippen LogP contribution in [0, 0.1) is 0 Å². The Morgan fingerprint density at radius 1 is 1.11 bits per heavy atom. The Labute approximate surface area is 68.0 Å². The van der Waals surface area contributed by atoms with Gasteiger partial charge in [0.2, 0.25) is 0 Å². The molecule has 0 aliphatic rings. The van der Waals surface area contributed by atoms with Crippen molar-refractivity contribution in [1.82, 2.24) is 4.90 Å². The van der Waals surface area contributed by atoms with Gasteiger partial charge in [-0.05, 0) is 20.6 Å². The Balaban J connectivity index is 0. The summed E-state index contributed by atoms with van der Waals surface area (Å²) in [4.78, 5) is 2.12. The maximum atomic E-state index is 2.38. The van der Waals surface area contributed by atoms with E-state index in [4.69, 9.17) is 0 Å². The molecule has 0 saturated heterocycles. The Hall–Kier alpha value is 0.830. The van der Waals surface area contributed by atoms with Crippen molar-refractivity contribution >= 4 is 21.4 Å². The Kier molecular flexibility index (Phi) is 12.3. The van der Waals surface area contributed by atoms with Gasteiger partial charge < -0.3 is 4.90 Å². The summed E-state index contributed by atoms with van der Waals surface area (Å²) in [5.41, 5.74) is 0. The second-order valence-corrected chi connectivity index (χ2v) is 13.0. The third kappa shape index (κ3) is 51.4. The first-order valence-electron chi connectivity index (χ1n) is 3.65. The van der Waals surface area contributed by atoms with Gasteiger partial charge in [-0.1, -0.05) is 6.92 Å². The van der Waals surface area contributed by atoms with Crippen LogP contribution in [0.5, 0.6) is 0 Å². The molecule has 1 nitrogen and oxygen atoms in total. The summed E-state index contributed by atoms with van der Waals surface area (Å²) in [5, 5.41) is 0. The van der Waals surface area contributed by atoms with E-state index < -0.39 is 21.4 Å². The first-order chi connectivity index (χ1) is 4.00. The van der Waals surface area contributed by atoms with Gasteiger partial charge in [-0.25, -0.2) is 0 Å². The normalized spacial score (nSPS) is 8.33. The molecular weight excluding hydrogens is 213 g/mol. The van der Waals surface area contributed by atoms with E-state index in [0.717, 1.165) is 6.54 Å². The number of hydrogen-bond donors (Lipinski definition) is 0. The van der Waals surface area contributed by atoms with Crippen LogP contribution in [0.15, 0.2) is 0 Å². The molecule has 0 aliphatic heterocycles. The monoisotopic (exact) mass is 233 g/mol. The molecule has 0 fully saturated rings. The minimum atomic E-state index is -0.637. The molecule has 9 heavy (non-hydrogen) atoms. The van der Waals surface area contributed by atoms with Crippen LogP contribution in [0.1, 0.15) is 6.92 Å². The molecule has 0 unspecified atom stereocenters. The van der Waals surface area contributed by atoms with E-state index in [1.807, 2.05) is 0 Å². The topological polar surface area (TPSA) is 3.24 Å². The summed E-state index contributed by atoms with van der Waals surface area (Å²) in [6, 6.07) is 0. The summed E-state index contributed by atoms with van der Waals surface area (Å²) in [5.74, 6) is 0. The van der Waals surface area contributed by atoms with E-state index >= 15 is 0 Å². The van der Waals surface area contributed by atoms with Crippen molar-refractivity contribution in [3.8, 4) is 0 Å². The summed E-state index contributed by atoms with van der Waals surface area (Å²) >= 11 is -0.637. The van der Waals surface area contributed by atoms with Crippen LogP contribution in [-0.2, 0) is 0 Å². The molecule has 0 atom stereocenters. The van der Waals surface area contributed by atoms with E-state index in [1.165, 1.54) is 0 Å². The van der Waals surface area contributed by atoms with Gasteiger partial charge >= 0.3 is 35.5 Å². The van der Waals surface area contributed by atoms with Crippen molar-refractivity contribution in [3.05, 3.63) is 0 Å². The van der Waals surface area contributed by atoms with E-state index in [1.54, 1.807) is 0 Å². The molecule has 0 aromatic heterocycles. The van der Waals surface area contributed by atoms with Gasteiger partial charge in [-0.3, -0.25) is 0 Å². The quantitative estimate of drug-likeness (QED) is 0.668. The van der Waals surface area contributed by atoms with Crippen LogP contribution in [0.25, 0.3) is 0 Å². The SMILES string of the molecule is CCN(C)C.[CH3][In]([CH3])[CH3]. The molecule has 0 spiro atoms. The standard InChI is InChI=1S/C4H11N.3CH3.In/c1-4-5(2)3;;;;/h4H2,1-3H3;3*1H3;. The van der Waals surface area contributed by atoms with Gasteiger partial charge in [-0.15, -0.1) is 0 Å². The van der Waals surface area contributed by atoms with Gasteiger partial charge in [0, 0.05) is 0 Å². The fourth-order valence-corrected chi connectivity index (χ4v) is 0. The van der Waals surface area contributed by atoms with Crippen LogP contribution in [0.4, 0.5) is 0 Å². The second kappa shape index (κ2) is 8.83. The summed E-state index contributed by atoms with van der Waals surface area (Å²) in [7, 11) is 4.11. The average Bonchev–Trinajstić information content (AvgIpc) is 1.65. The van der Waals surface area contributed by atoms with Gasteiger partial charge in [0.1, 0.15) is 0 Å². The van der Waals surface area contributed by atoms with Crippen LogP contribution in [0.3, 0.4) is 0 Å². The summed E-state index contributed by atoms with van der Waals surface area (Å²) in [6.45, 7) is 3.26. The molecule has 0 saturated carbocycles. The zero-order valence-electron chi connectivity index (χ0n) is 7.73. The zero-order valence-corrected chi connectivity index (χ0v) is 11.0. The van der Waals surface area contributed by atoms with E-state index in [9.17, 15) is 0 Å². The molecule has 0 radical (unpaired) electrons. The van der Waals surface area contributed by atoms with Crippen molar-refractivity contribution in [3.63, 3.8) is 0 Å². The summed E-state index contributed by atoms with van der Waals surface area (Å²) in [6.07, 6.45) is 0. The van der Waals surface area contributed by atoms with Crippen molar-refractivity contribution in [2.75, 3.05) is 20.6 Å². The minimum absolute atomic E-state index is 0.637. The molecule has 0 heterocycles. The number of hydrogen-bond acceptors (Lipinski definition) is 1. The second-order valence-electron chi connectivity index (χ2n) is 3.13. The predicted molar refractivity (Wildman–Crippen MR) is 47.6 cm³/mol. The molecule has 56 valence electrons. The van der Waals surface area contributed by atoms with Crippen molar-refractivity contribution in [1.29, 1.82) is 0 Å². The van der Waals surface area contributed by atoms with Crippen LogP contribution in [0.2, 0.25) is 14.0 Å². The fraction of sp³-hybridized carbons (Fsp3) is 1.00. The first-order valence-corrected chi connectivity index (χ1v) is 13.5. The fourth-order valence-electron chi connectivity index (χ4n) is 0. The van der Waals surface area contributed by atoms with E-state index in [2.05, 4.69) is 40.0 Å². The zero-order chi connectivity index (χ0) is 7.86. The molecule has 0 aromatic carbocycles. The first kappa shape index (κ1) is 12.5. The maximum absolute atomic E-state index is 2.38. The molecule has 0 N–H and O–H groups in total. The number of rotatable bonds is 1. The van der Waals surface area contributed by atoms with Gasteiger partial charge in [-0.2, -0.15) is 0 Å². The Morgan fingerprint density at radius 2 is 1.22 bits per heavy atom. The van der Waals surface area contributed by atoms with Crippen LogP contribution in [-0.4, -0.2) is 47.0 Å². The molecule has 0 aromatic rings. The van der Waals surface area contributed by atoms with Crippen LogP contribution >= 0.6 is 0 Å². The molecule has 2 heteroatoms. The number of nitrogens with zero attached hydrogens (tertiary/aromatic N) is 1. The van der Waals surface area contributed by atoms with Gasteiger partial charge in [0.25, 0.3) is 0 Å². The third-order valence-electron chi connectivity index (χ3n) is 0.632.